The zero-order valence-corrected chi connectivity index (χ0v) is 7.91. The zero-order chi connectivity index (χ0) is 12.3. The minimum atomic E-state index is -1.54. The fourth-order valence-electron chi connectivity index (χ4n) is 1.44. The monoisotopic (exact) mass is 222 g/mol. The summed E-state index contributed by atoms with van der Waals surface area (Å²) < 4.78 is 11.6. The fraction of sp³-hybridized carbons (Fsp3) is 0.875. The van der Waals surface area contributed by atoms with E-state index >= 15 is 0 Å². The molecule has 0 saturated carbocycles. The molecule has 7 nitrogen and oxygen atoms in total. The molecule has 1 aliphatic rings. The lowest BCUT2D eigenvalue weighted by Crippen LogP contribution is -2.63. The lowest BCUT2D eigenvalue weighted by molar-refractivity contribution is -0.253. The second-order valence-electron chi connectivity index (χ2n) is 3.32. The van der Waals surface area contributed by atoms with Crippen LogP contribution in [0.4, 0.5) is 0 Å². The van der Waals surface area contributed by atoms with Crippen molar-refractivity contribution in [3.05, 3.63) is 0 Å². The van der Waals surface area contributed by atoms with E-state index in [2.05, 4.69) is 5.32 Å². The van der Waals surface area contributed by atoms with E-state index in [1.165, 1.54) is 0 Å². The molecule has 1 amide bonds. The molecule has 1 aliphatic heterocycles. The number of amides is 1. The molecule has 1 rings (SSSR count). The lowest BCUT2D eigenvalue weighted by Gasteiger charge is -2.40. The first-order valence-corrected chi connectivity index (χ1v) is 4.40. The Bertz CT molecular complexity index is 253. The van der Waals surface area contributed by atoms with E-state index in [9.17, 15) is 20.1 Å². The molecule has 1 heterocycles. The Morgan fingerprint density at radius 3 is 2.67 bits per heavy atom. The molecule has 0 radical (unpaired) electrons. The van der Waals surface area contributed by atoms with Gasteiger partial charge in [-0.25, -0.2) is 0 Å². The van der Waals surface area contributed by atoms with Gasteiger partial charge in [-0.2, -0.15) is 0 Å². The van der Waals surface area contributed by atoms with Gasteiger partial charge >= 0.3 is 0 Å². The van der Waals surface area contributed by atoms with Gasteiger partial charge in [-0.15, -0.1) is 0 Å². The molecular weight excluding hydrogens is 206 g/mol. The van der Waals surface area contributed by atoms with Gasteiger partial charge in [0.2, 0.25) is 5.91 Å². The molecule has 1 unspecified atom stereocenters. The third-order valence-electron chi connectivity index (χ3n) is 2.23. The average molecular weight is 222 g/mol. The first kappa shape index (κ1) is 10.8. The molecule has 0 aliphatic carbocycles. The van der Waals surface area contributed by atoms with Crippen molar-refractivity contribution in [2.75, 3.05) is 6.61 Å². The standard InChI is InChI=1S/C8H15NO6/c1-3(11)9-5-7(13)6(12)4(2-10)15-8(5)14/h4-8,10,12-14H,2H2,1H3,(H,9,11)/t4-,5-,6+,7-,8?/m1/s1/i1D. The van der Waals surface area contributed by atoms with E-state index in [1.54, 1.807) is 0 Å². The van der Waals surface area contributed by atoms with Gasteiger partial charge in [-0.3, -0.25) is 4.79 Å². The largest absolute Gasteiger partial charge is 0.394 e. The topological polar surface area (TPSA) is 119 Å². The number of hydrogen-bond acceptors (Lipinski definition) is 6. The summed E-state index contributed by atoms with van der Waals surface area (Å²) in [6.07, 6.45) is -5.51. The Balaban J connectivity index is 2.67. The van der Waals surface area contributed by atoms with Gasteiger partial charge < -0.3 is 30.5 Å². The van der Waals surface area contributed by atoms with Crippen LogP contribution in [0.1, 0.15) is 8.27 Å². The predicted molar refractivity (Wildman–Crippen MR) is 47.6 cm³/mol. The van der Waals surface area contributed by atoms with Crippen LogP contribution in [-0.2, 0) is 9.53 Å². The first-order chi connectivity index (χ1) is 7.51. The van der Waals surface area contributed by atoms with Crippen molar-refractivity contribution in [2.24, 2.45) is 0 Å². The van der Waals surface area contributed by atoms with Gasteiger partial charge in [0.15, 0.2) is 6.29 Å². The first-order valence-electron chi connectivity index (χ1n) is 5.11. The summed E-state index contributed by atoms with van der Waals surface area (Å²) in [5.74, 6) is -0.707. The maximum Gasteiger partial charge on any atom is 0.217 e. The molecule has 5 N–H and O–H groups in total. The third kappa shape index (κ3) is 2.64. The molecule has 0 bridgehead atoms. The molecule has 15 heavy (non-hydrogen) atoms. The zero-order valence-electron chi connectivity index (χ0n) is 8.91. The van der Waals surface area contributed by atoms with E-state index in [-0.39, 0.29) is 0 Å². The van der Waals surface area contributed by atoms with Gasteiger partial charge in [0.25, 0.3) is 0 Å². The Morgan fingerprint density at radius 2 is 2.13 bits per heavy atom. The number of rotatable bonds is 2. The number of carbonyl (C=O) groups is 1. The van der Waals surface area contributed by atoms with Crippen LogP contribution in [0.5, 0.6) is 0 Å². The third-order valence-corrected chi connectivity index (χ3v) is 2.23. The van der Waals surface area contributed by atoms with E-state index in [0.717, 1.165) is 0 Å². The molecule has 1 saturated heterocycles. The Morgan fingerprint density at radius 1 is 1.47 bits per heavy atom. The second kappa shape index (κ2) is 4.86. The fourth-order valence-corrected chi connectivity index (χ4v) is 1.44. The van der Waals surface area contributed by atoms with Gasteiger partial charge in [-0.05, 0) is 0 Å². The van der Waals surface area contributed by atoms with Crippen molar-refractivity contribution in [1.29, 1.82) is 0 Å². The Kier molecular flexibility index (Phi) is 3.49. The number of aliphatic hydroxyl groups excluding tert-OH is 4. The van der Waals surface area contributed by atoms with Crippen LogP contribution < -0.4 is 5.32 Å². The Labute approximate surface area is 87.7 Å². The minimum absolute atomic E-state index is 0.560. The Hall–Kier alpha value is -0.730. The summed E-state index contributed by atoms with van der Waals surface area (Å²) in [4.78, 5) is 10.9. The highest BCUT2D eigenvalue weighted by Crippen LogP contribution is 2.19. The highest BCUT2D eigenvalue weighted by atomic mass is 16.6. The van der Waals surface area contributed by atoms with Crippen LogP contribution in [0.2, 0.25) is 0 Å². The number of ether oxygens (including phenoxy) is 1. The van der Waals surface area contributed by atoms with E-state index in [1.807, 2.05) is 0 Å². The molecule has 88 valence electrons. The van der Waals surface area contributed by atoms with Gasteiger partial charge in [0, 0.05) is 8.27 Å². The highest BCUT2D eigenvalue weighted by molar-refractivity contribution is 5.73. The molecule has 1 fully saturated rings. The highest BCUT2D eigenvalue weighted by Gasteiger charge is 2.43. The van der Waals surface area contributed by atoms with Crippen LogP contribution in [0.25, 0.3) is 0 Å². The van der Waals surface area contributed by atoms with Crippen LogP contribution >= 0.6 is 0 Å². The average Bonchev–Trinajstić information content (AvgIpc) is 2.28. The number of hydrogen-bond donors (Lipinski definition) is 5. The predicted octanol–water partition coefficient (Wildman–Crippen LogP) is -3.08. The van der Waals surface area contributed by atoms with Crippen LogP contribution in [0.3, 0.4) is 0 Å². The quantitative estimate of drug-likeness (QED) is 0.338. The molecule has 0 aromatic rings. The summed E-state index contributed by atoms with van der Waals surface area (Å²) in [6, 6.07) is -1.21. The normalized spacial score (nSPS) is 42.1. The van der Waals surface area contributed by atoms with Gasteiger partial charge in [-0.1, -0.05) is 0 Å². The van der Waals surface area contributed by atoms with E-state index in [4.69, 9.17) is 11.2 Å². The lowest BCUT2D eigenvalue weighted by atomic mass is 9.97. The SMILES string of the molecule is [2H]CC(=O)N[C@H]1C(O)O[C@H](CO)[C@H](O)[C@@H]1O. The summed E-state index contributed by atoms with van der Waals surface area (Å²) in [7, 11) is 0. The summed E-state index contributed by atoms with van der Waals surface area (Å²) in [5, 5.41) is 39.4. The van der Waals surface area contributed by atoms with Crippen molar-refractivity contribution in [1.82, 2.24) is 5.32 Å². The van der Waals surface area contributed by atoms with Crippen molar-refractivity contribution >= 4 is 5.91 Å². The van der Waals surface area contributed by atoms with Crippen molar-refractivity contribution in [3.8, 4) is 0 Å². The molecule has 0 aromatic carbocycles. The summed E-state index contributed by atoms with van der Waals surface area (Å²) in [6.45, 7) is -1.12. The second-order valence-corrected chi connectivity index (χ2v) is 3.32. The van der Waals surface area contributed by atoms with Crippen molar-refractivity contribution in [2.45, 2.75) is 37.5 Å². The molecule has 7 heteroatoms. The van der Waals surface area contributed by atoms with E-state index in [0.29, 0.717) is 0 Å². The molecular formula is C8H15NO6. The summed E-state index contributed by atoms with van der Waals surface area (Å²) in [5.41, 5.74) is 0. The maximum absolute atomic E-state index is 10.9. The smallest absolute Gasteiger partial charge is 0.217 e. The number of aliphatic hydroxyl groups is 4. The van der Waals surface area contributed by atoms with Crippen LogP contribution in [-0.4, -0.2) is 63.6 Å². The van der Waals surface area contributed by atoms with Crippen LogP contribution in [0.15, 0.2) is 0 Å². The summed E-state index contributed by atoms with van der Waals surface area (Å²) >= 11 is 0. The molecule has 0 spiro atoms. The number of nitrogens with one attached hydrogen (secondary N) is 1. The minimum Gasteiger partial charge on any atom is -0.394 e. The van der Waals surface area contributed by atoms with Gasteiger partial charge in [0.1, 0.15) is 24.4 Å². The molecule has 0 aromatic heterocycles. The van der Waals surface area contributed by atoms with Crippen LogP contribution in [0, 0.1) is 0 Å². The number of carbonyl (C=O) groups excluding carboxylic acids is 1. The van der Waals surface area contributed by atoms with Crippen molar-refractivity contribution < 1.29 is 31.3 Å². The molecule has 5 atom stereocenters. The van der Waals surface area contributed by atoms with E-state index < -0.39 is 50.1 Å². The maximum atomic E-state index is 10.9. The van der Waals surface area contributed by atoms with Gasteiger partial charge in [0.05, 0.1) is 6.61 Å². The van der Waals surface area contributed by atoms with Crippen molar-refractivity contribution in [3.63, 3.8) is 0 Å².